The summed E-state index contributed by atoms with van der Waals surface area (Å²) in [5.41, 5.74) is 1.05. The molecular formula is C14H19F3. The first-order valence-electron chi connectivity index (χ1n) is 6.05. The Balaban J connectivity index is 3.10. The molecule has 0 aliphatic carbocycles. The third kappa shape index (κ3) is 4.06. The van der Waals surface area contributed by atoms with Crippen molar-refractivity contribution in [3.05, 3.63) is 34.9 Å². The second kappa shape index (κ2) is 5.56. The van der Waals surface area contributed by atoms with Crippen molar-refractivity contribution in [2.45, 2.75) is 52.1 Å². The number of hydrogen-bond acceptors (Lipinski definition) is 0. The third-order valence-electron chi connectivity index (χ3n) is 2.83. The Morgan fingerprint density at radius 3 is 2.24 bits per heavy atom. The molecule has 3 heteroatoms. The van der Waals surface area contributed by atoms with Crippen molar-refractivity contribution in [2.24, 2.45) is 0 Å². The van der Waals surface area contributed by atoms with Gasteiger partial charge in [0.2, 0.25) is 0 Å². The lowest BCUT2D eigenvalue weighted by Gasteiger charge is -2.14. The van der Waals surface area contributed by atoms with Crippen LogP contribution in [0.25, 0.3) is 0 Å². The molecule has 0 heterocycles. The number of halogens is 3. The maximum Gasteiger partial charge on any atom is 0.416 e. The minimum Gasteiger partial charge on any atom is -0.166 e. The molecule has 0 saturated carbocycles. The Labute approximate surface area is 101 Å². The highest BCUT2D eigenvalue weighted by Gasteiger charge is 2.31. The van der Waals surface area contributed by atoms with E-state index in [4.69, 9.17) is 0 Å². The van der Waals surface area contributed by atoms with Gasteiger partial charge >= 0.3 is 6.18 Å². The predicted molar refractivity (Wildman–Crippen MR) is 64.1 cm³/mol. The van der Waals surface area contributed by atoms with E-state index in [1.807, 2.05) is 26.8 Å². The molecule has 1 aromatic carbocycles. The fourth-order valence-corrected chi connectivity index (χ4v) is 1.74. The maximum absolute atomic E-state index is 12.7. The molecule has 0 atom stereocenters. The quantitative estimate of drug-likeness (QED) is 0.685. The van der Waals surface area contributed by atoms with Gasteiger partial charge in [0, 0.05) is 0 Å². The lowest BCUT2D eigenvalue weighted by Crippen LogP contribution is -2.07. The predicted octanol–water partition coefficient (Wildman–Crippen LogP) is 5.17. The smallest absolute Gasteiger partial charge is 0.166 e. The van der Waals surface area contributed by atoms with Gasteiger partial charge in [-0.3, -0.25) is 0 Å². The molecule has 1 aromatic rings. The van der Waals surface area contributed by atoms with E-state index in [1.165, 1.54) is 12.1 Å². The highest BCUT2D eigenvalue weighted by atomic mass is 19.4. The van der Waals surface area contributed by atoms with Crippen LogP contribution in [0.5, 0.6) is 0 Å². The van der Waals surface area contributed by atoms with Gasteiger partial charge in [-0.05, 0) is 42.0 Å². The van der Waals surface area contributed by atoms with Crippen molar-refractivity contribution in [3.8, 4) is 0 Å². The number of alkyl halides is 3. The Hall–Kier alpha value is -0.990. The fraction of sp³-hybridized carbons (Fsp3) is 0.571. The first kappa shape index (κ1) is 14.1. The van der Waals surface area contributed by atoms with Gasteiger partial charge < -0.3 is 0 Å². The topological polar surface area (TPSA) is 0 Å². The van der Waals surface area contributed by atoms with Gasteiger partial charge in [-0.15, -0.1) is 0 Å². The van der Waals surface area contributed by atoms with Crippen LogP contribution in [0.2, 0.25) is 0 Å². The van der Waals surface area contributed by atoms with Gasteiger partial charge in [-0.25, -0.2) is 0 Å². The zero-order valence-corrected chi connectivity index (χ0v) is 10.6. The first-order chi connectivity index (χ1) is 7.84. The molecule has 0 saturated heterocycles. The van der Waals surface area contributed by atoms with Crippen molar-refractivity contribution in [1.82, 2.24) is 0 Å². The summed E-state index contributed by atoms with van der Waals surface area (Å²) >= 11 is 0. The summed E-state index contributed by atoms with van der Waals surface area (Å²) in [7, 11) is 0. The Kier molecular flexibility index (Phi) is 4.61. The average molecular weight is 244 g/mol. The van der Waals surface area contributed by atoms with Crippen LogP contribution in [-0.2, 0) is 12.6 Å². The summed E-state index contributed by atoms with van der Waals surface area (Å²) in [5, 5.41) is 0. The molecule has 0 N–H and O–H groups in total. The Bertz CT molecular complexity index is 364. The van der Waals surface area contributed by atoms with E-state index < -0.39 is 11.7 Å². The number of aryl methyl sites for hydroxylation is 1. The molecule has 0 radical (unpaired) electrons. The number of rotatable bonds is 4. The van der Waals surface area contributed by atoms with Gasteiger partial charge in [0.25, 0.3) is 0 Å². The van der Waals surface area contributed by atoms with Crippen LogP contribution >= 0.6 is 0 Å². The molecule has 1 rings (SSSR count). The van der Waals surface area contributed by atoms with E-state index in [9.17, 15) is 13.2 Å². The molecule has 0 fully saturated rings. The van der Waals surface area contributed by atoms with Crippen LogP contribution in [0.3, 0.4) is 0 Å². The van der Waals surface area contributed by atoms with E-state index in [-0.39, 0.29) is 5.92 Å². The average Bonchev–Trinajstić information content (AvgIpc) is 2.24. The molecule has 17 heavy (non-hydrogen) atoms. The molecule has 0 bridgehead atoms. The molecule has 0 amide bonds. The number of benzene rings is 1. The minimum absolute atomic E-state index is 0.123. The minimum atomic E-state index is -4.24. The van der Waals surface area contributed by atoms with Crippen LogP contribution in [0, 0.1) is 0 Å². The first-order valence-corrected chi connectivity index (χ1v) is 6.05. The van der Waals surface area contributed by atoms with Gasteiger partial charge in [0.1, 0.15) is 0 Å². The van der Waals surface area contributed by atoms with Crippen LogP contribution in [0.15, 0.2) is 18.2 Å². The fourth-order valence-electron chi connectivity index (χ4n) is 1.74. The zero-order chi connectivity index (χ0) is 13.1. The van der Waals surface area contributed by atoms with Crippen molar-refractivity contribution >= 4 is 0 Å². The maximum atomic E-state index is 12.7. The molecule has 96 valence electrons. The van der Waals surface area contributed by atoms with Gasteiger partial charge in [0.15, 0.2) is 0 Å². The lowest BCUT2D eigenvalue weighted by atomic mass is 9.95. The Morgan fingerprint density at radius 1 is 1.12 bits per heavy atom. The normalized spacial score (nSPS) is 12.2. The summed E-state index contributed by atoms with van der Waals surface area (Å²) in [5.74, 6) is 0.123. The highest BCUT2D eigenvalue weighted by molar-refractivity contribution is 5.33. The molecule has 0 nitrogen and oxygen atoms in total. The van der Waals surface area contributed by atoms with Crippen molar-refractivity contribution in [2.75, 3.05) is 0 Å². The van der Waals surface area contributed by atoms with E-state index in [2.05, 4.69) is 0 Å². The molecule has 0 aliphatic rings. The van der Waals surface area contributed by atoms with Crippen LogP contribution in [0.4, 0.5) is 13.2 Å². The summed E-state index contributed by atoms with van der Waals surface area (Å²) in [4.78, 5) is 0. The van der Waals surface area contributed by atoms with E-state index in [0.717, 1.165) is 30.4 Å². The number of hydrogen-bond donors (Lipinski definition) is 0. The Morgan fingerprint density at radius 2 is 1.76 bits per heavy atom. The monoisotopic (exact) mass is 244 g/mol. The van der Waals surface area contributed by atoms with E-state index >= 15 is 0 Å². The standard InChI is InChI=1S/C14H19F3/c1-4-5-6-11-7-12(10(2)3)9-13(8-11)14(15,16)17/h7-10H,4-6H2,1-3H3. The van der Waals surface area contributed by atoms with Gasteiger partial charge in [0.05, 0.1) is 5.56 Å². The summed E-state index contributed by atoms with van der Waals surface area (Å²) in [6, 6.07) is 4.44. The molecule has 0 aliphatic heterocycles. The number of unbranched alkanes of at least 4 members (excludes halogenated alkanes) is 1. The summed E-state index contributed by atoms with van der Waals surface area (Å²) in [6.45, 7) is 5.87. The SMILES string of the molecule is CCCCc1cc(C(C)C)cc(C(F)(F)F)c1. The lowest BCUT2D eigenvalue weighted by molar-refractivity contribution is -0.137. The van der Waals surface area contributed by atoms with E-state index in [0.29, 0.717) is 0 Å². The zero-order valence-electron chi connectivity index (χ0n) is 10.6. The summed E-state index contributed by atoms with van der Waals surface area (Å²) < 4.78 is 38.2. The molecule has 0 unspecified atom stereocenters. The van der Waals surface area contributed by atoms with Gasteiger partial charge in [-0.1, -0.05) is 33.3 Å². The highest BCUT2D eigenvalue weighted by Crippen LogP contribution is 2.32. The van der Waals surface area contributed by atoms with Crippen LogP contribution in [0.1, 0.15) is 56.2 Å². The van der Waals surface area contributed by atoms with Crippen LogP contribution < -0.4 is 0 Å². The second-order valence-corrected chi connectivity index (χ2v) is 4.72. The molecular weight excluding hydrogens is 225 g/mol. The van der Waals surface area contributed by atoms with Gasteiger partial charge in [-0.2, -0.15) is 13.2 Å². The largest absolute Gasteiger partial charge is 0.416 e. The third-order valence-corrected chi connectivity index (χ3v) is 2.83. The molecule has 0 spiro atoms. The summed E-state index contributed by atoms with van der Waals surface area (Å²) in [6.07, 6.45) is -1.60. The second-order valence-electron chi connectivity index (χ2n) is 4.72. The van der Waals surface area contributed by atoms with Crippen molar-refractivity contribution < 1.29 is 13.2 Å². The molecule has 0 aromatic heterocycles. The van der Waals surface area contributed by atoms with E-state index in [1.54, 1.807) is 0 Å². The van der Waals surface area contributed by atoms with Crippen molar-refractivity contribution in [3.63, 3.8) is 0 Å². The van der Waals surface area contributed by atoms with Crippen LogP contribution in [-0.4, -0.2) is 0 Å². The van der Waals surface area contributed by atoms with Crippen molar-refractivity contribution in [1.29, 1.82) is 0 Å².